The van der Waals surface area contributed by atoms with Gasteiger partial charge in [0.1, 0.15) is 0 Å². The van der Waals surface area contributed by atoms with E-state index in [1.54, 1.807) is 43.3 Å². The molecule has 20 heavy (non-hydrogen) atoms. The van der Waals surface area contributed by atoms with Crippen molar-refractivity contribution >= 4 is 23.3 Å². The predicted octanol–water partition coefficient (Wildman–Crippen LogP) is 2.53. The SMILES string of the molecule is Cc1c(NC(=O)c2cccc(N)c2)cccc1C(=O)O. The molecule has 0 saturated carbocycles. The number of hydrogen-bond donors (Lipinski definition) is 3. The molecular formula is C15H14N2O3. The van der Waals surface area contributed by atoms with E-state index < -0.39 is 5.97 Å². The zero-order valence-electron chi connectivity index (χ0n) is 10.9. The van der Waals surface area contributed by atoms with Crippen LogP contribution < -0.4 is 11.1 Å². The Kier molecular flexibility index (Phi) is 3.70. The highest BCUT2D eigenvalue weighted by Gasteiger charge is 2.12. The molecule has 4 N–H and O–H groups in total. The van der Waals surface area contributed by atoms with Crippen LogP contribution in [0.4, 0.5) is 11.4 Å². The lowest BCUT2D eigenvalue weighted by Gasteiger charge is -2.10. The molecular weight excluding hydrogens is 256 g/mol. The Bertz CT molecular complexity index is 681. The van der Waals surface area contributed by atoms with Gasteiger partial charge in [-0.15, -0.1) is 0 Å². The molecule has 0 heterocycles. The van der Waals surface area contributed by atoms with Gasteiger partial charge in [-0.2, -0.15) is 0 Å². The lowest BCUT2D eigenvalue weighted by atomic mass is 10.1. The summed E-state index contributed by atoms with van der Waals surface area (Å²) in [4.78, 5) is 23.1. The van der Waals surface area contributed by atoms with Gasteiger partial charge >= 0.3 is 5.97 Å². The fourth-order valence-corrected chi connectivity index (χ4v) is 1.88. The quantitative estimate of drug-likeness (QED) is 0.747. The van der Waals surface area contributed by atoms with Gasteiger partial charge in [0.15, 0.2) is 0 Å². The highest BCUT2D eigenvalue weighted by atomic mass is 16.4. The molecule has 1 amide bonds. The molecule has 0 bridgehead atoms. The van der Waals surface area contributed by atoms with Gasteiger partial charge in [0.25, 0.3) is 5.91 Å². The van der Waals surface area contributed by atoms with Crippen LogP contribution in [0.25, 0.3) is 0 Å². The molecule has 0 radical (unpaired) electrons. The summed E-state index contributed by atoms with van der Waals surface area (Å²) in [5.74, 6) is -1.36. The number of nitrogens with two attached hydrogens (primary N) is 1. The minimum Gasteiger partial charge on any atom is -0.478 e. The molecule has 0 spiro atoms. The topological polar surface area (TPSA) is 92.4 Å². The fourth-order valence-electron chi connectivity index (χ4n) is 1.88. The second kappa shape index (κ2) is 5.44. The molecule has 0 aliphatic heterocycles. The van der Waals surface area contributed by atoms with Crippen molar-refractivity contribution in [1.82, 2.24) is 0 Å². The van der Waals surface area contributed by atoms with Gasteiger partial charge in [-0.3, -0.25) is 4.79 Å². The Labute approximate surface area is 116 Å². The number of carbonyl (C=O) groups is 2. The molecule has 0 aliphatic rings. The Morgan fingerprint density at radius 3 is 2.50 bits per heavy atom. The van der Waals surface area contributed by atoms with Crippen molar-refractivity contribution in [3.8, 4) is 0 Å². The average molecular weight is 270 g/mol. The van der Waals surface area contributed by atoms with Crippen molar-refractivity contribution < 1.29 is 14.7 Å². The Hall–Kier alpha value is -2.82. The Morgan fingerprint density at radius 2 is 1.85 bits per heavy atom. The first-order valence-corrected chi connectivity index (χ1v) is 5.99. The van der Waals surface area contributed by atoms with Gasteiger partial charge in [0, 0.05) is 16.9 Å². The number of benzene rings is 2. The summed E-state index contributed by atoms with van der Waals surface area (Å²) >= 11 is 0. The number of hydrogen-bond acceptors (Lipinski definition) is 3. The number of amides is 1. The molecule has 2 aromatic carbocycles. The van der Waals surface area contributed by atoms with Crippen molar-refractivity contribution in [2.45, 2.75) is 6.92 Å². The first-order chi connectivity index (χ1) is 9.49. The number of rotatable bonds is 3. The largest absolute Gasteiger partial charge is 0.478 e. The standard InChI is InChI=1S/C15H14N2O3/c1-9-12(15(19)20)6-3-7-13(9)17-14(18)10-4-2-5-11(16)8-10/h2-8H,16H2,1H3,(H,17,18)(H,19,20). The van der Waals surface area contributed by atoms with Gasteiger partial charge in [0.05, 0.1) is 5.56 Å². The minimum absolute atomic E-state index is 0.162. The molecule has 0 atom stereocenters. The first kappa shape index (κ1) is 13.6. The van der Waals surface area contributed by atoms with Crippen molar-refractivity contribution in [1.29, 1.82) is 0 Å². The number of carboxylic acid groups (broad SMARTS) is 1. The summed E-state index contributed by atoms with van der Waals surface area (Å²) in [6, 6.07) is 11.3. The van der Waals surface area contributed by atoms with E-state index in [1.165, 1.54) is 6.07 Å². The van der Waals surface area contributed by atoms with E-state index in [0.717, 1.165) is 0 Å². The number of carboxylic acids is 1. The van der Waals surface area contributed by atoms with Crippen LogP contribution in [0.2, 0.25) is 0 Å². The van der Waals surface area contributed by atoms with Gasteiger partial charge in [0.2, 0.25) is 0 Å². The Balaban J connectivity index is 2.29. The number of anilines is 2. The smallest absolute Gasteiger partial charge is 0.336 e. The minimum atomic E-state index is -1.03. The molecule has 2 rings (SSSR count). The van der Waals surface area contributed by atoms with Gasteiger partial charge in [-0.1, -0.05) is 12.1 Å². The van der Waals surface area contributed by atoms with Crippen LogP contribution in [0.3, 0.4) is 0 Å². The monoisotopic (exact) mass is 270 g/mol. The summed E-state index contributed by atoms with van der Waals surface area (Å²) in [5, 5.41) is 11.7. The summed E-state index contributed by atoms with van der Waals surface area (Å²) in [5.41, 5.74) is 7.68. The third kappa shape index (κ3) is 2.77. The number of nitrogen functional groups attached to an aromatic ring is 1. The third-order valence-corrected chi connectivity index (χ3v) is 2.96. The maximum absolute atomic E-state index is 12.1. The van der Waals surface area contributed by atoms with E-state index in [4.69, 9.17) is 10.8 Å². The molecule has 2 aromatic rings. The normalized spacial score (nSPS) is 10.1. The number of carbonyl (C=O) groups excluding carboxylic acids is 1. The first-order valence-electron chi connectivity index (χ1n) is 5.99. The second-order valence-corrected chi connectivity index (χ2v) is 4.36. The second-order valence-electron chi connectivity index (χ2n) is 4.36. The zero-order chi connectivity index (χ0) is 14.7. The summed E-state index contributed by atoms with van der Waals surface area (Å²) < 4.78 is 0. The van der Waals surface area contributed by atoms with Crippen molar-refractivity contribution in [2.24, 2.45) is 0 Å². The van der Waals surface area contributed by atoms with Crippen LogP contribution in [0.1, 0.15) is 26.3 Å². The number of aromatic carboxylic acids is 1. The van der Waals surface area contributed by atoms with Crippen LogP contribution in [-0.2, 0) is 0 Å². The summed E-state index contributed by atoms with van der Waals surface area (Å²) in [7, 11) is 0. The van der Waals surface area contributed by atoms with E-state index in [9.17, 15) is 9.59 Å². The highest BCUT2D eigenvalue weighted by molar-refractivity contribution is 6.06. The van der Waals surface area contributed by atoms with Gasteiger partial charge in [-0.05, 0) is 42.8 Å². The molecule has 5 nitrogen and oxygen atoms in total. The van der Waals surface area contributed by atoms with Gasteiger partial charge in [-0.25, -0.2) is 4.79 Å². The molecule has 0 aliphatic carbocycles. The maximum atomic E-state index is 12.1. The molecule has 0 aromatic heterocycles. The van der Waals surface area contributed by atoms with E-state index in [-0.39, 0.29) is 11.5 Å². The summed E-state index contributed by atoms with van der Waals surface area (Å²) in [6.45, 7) is 1.65. The molecule has 0 fully saturated rings. The fraction of sp³-hybridized carbons (Fsp3) is 0.0667. The average Bonchev–Trinajstić information content (AvgIpc) is 2.40. The maximum Gasteiger partial charge on any atom is 0.336 e. The lowest BCUT2D eigenvalue weighted by Crippen LogP contribution is -2.14. The van der Waals surface area contributed by atoms with Crippen molar-refractivity contribution in [3.05, 3.63) is 59.2 Å². The molecule has 0 saturated heterocycles. The highest BCUT2D eigenvalue weighted by Crippen LogP contribution is 2.20. The molecule has 0 unspecified atom stereocenters. The lowest BCUT2D eigenvalue weighted by molar-refractivity contribution is 0.0695. The van der Waals surface area contributed by atoms with Gasteiger partial charge < -0.3 is 16.2 Å². The van der Waals surface area contributed by atoms with Crippen LogP contribution in [0, 0.1) is 6.92 Å². The van der Waals surface area contributed by atoms with E-state index in [1.807, 2.05) is 0 Å². The zero-order valence-corrected chi connectivity index (χ0v) is 10.9. The molecule has 5 heteroatoms. The van der Waals surface area contributed by atoms with Crippen molar-refractivity contribution in [2.75, 3.05) is 11.1 Å². The van der Waals surface area contributed by atoms with E-state index in [2.05, 4.69) is 5.32 Å². The van der Waals surface area contributed by atoms with Crippen molar-refractivity contribution in [3.63, 3.8) is 0 Å². The Morgan fingerprint density at radius 1 is 1.15 bits per heavy atom. The van der Waals surface area contributed by atoms with E-state index >= 15 is 0 Å². The summed E-state index contributed by atoms with van der Waals surface area (Å²) in [6.07, 6.45) is 0. The molecule has 102 valence electrons. The van der Waals surface area contributed by atoms with Crippen LogP contribution in [-0.4, -0.2) is 17.0 Å². The third-order valence-electron chi connectivity index (χ3n) is 2.96. The van der Waals surface area contributed by atoms with Crippen LogP contribution in [0.5, 0.6) is 0 Å². The van der Waals surface area contributed by atoms with E-state index in [0.29, 0.717) is 22.5 Å². The van der Waals surface area contributed by atoms with Crippen LogP contribution >= 0.6 is 0 Å². The predicted molar refractivity (Wildman–Crippen MR) is 76.9 cm³/mol. The van der Waals surface area contributed by atoms with Crippen LogP contribution in [0.15, 0.2) is 42.5 Å². The number of nitrogens with one attached hydrogen (secondary N) is 1.